The van der Waals surface area contributed by atoms with Crippen molar-refractivity contribution in [3.05, 3.63) is 0 Å². The second kappa shape index (κ2) is 7.75. The van der Waals surface area contributed by atoms with Crippen molar-refractivity contribution < 1.29 is 14.6 Å². The number of nitrogens with one attached hydrogen (secondary N) is 1. The van der Waals surface area contributed by atoms with Crippen LogP contribution in [0.4, 0.5) is 0 Å². The number of carbonyl (C=O) groups excluding carboxylic acids is 1. The topological polar surface area (TPSA) is 61.8 Å². The number of carbonyl (C=O) groups is 1. The van der Waals surface area contributed by atoms with E-state index < -0.39 is 0 Å². The zero-order valence-electron chi connectivity index (χ0n) is 13.5. The Balaban J connectivity index is 1.42. The summed E-state index contributed by atoms with van der Waals surface area (Å²) in [6.07, 6.45) is 8.27. The highest BCUT2D eigenvalue weighted by molar-refractivity contribution is 5.79. The first kappa shape index (κ1) is 16.2. The van der Waals surface area contributed by atoms with Gasteiger partial charge in [-0.25, -0.2) is 0 Å². The fourth-order valence-corrected chi connectivity index (χ4v) is 4.16. The van der Waals surface area contributed by atoms with Gasteiger partial charge in [0.2, 0.25) is 5.91 Å². The van der Waals surface area contributed by atoms with Crippen LogP contribution in [0.15, 0.2) is 0 Å². The third kappa shape index (κ3) is 4.00. The van der Waals surface area contributed by atoms with Gasteiger partial charge < -0.3 is 15.2 Å². The summed E-state index contributed by atoms with van der Waals surface area (Å²) in [4.78, 5) is 14.7. The van der Waals surface area contributed by atoms with Crippen LogP contribution >= 0.6 is 0 Å². The summed E-state index contributed by atoms with van der Waals surface area (Å²) in [6, 6.07) is 0.642. The number of aliphatic hydroxyl groups is 1. The molecule has 3 atom stereocenters. The minimum atomic E-state index is -0.153. The van der Waals surface area contributed by atoms with Crippen molar-refractivity contribution in [2.24, 2.45) is 5.92 Å². The number of nitrogens with zero attached hydrogens (tertiary/aromatic N) is 1. The molecule has 3 rings (SSSR count). The zero-order valence-corrected chi connectivity index (χ0v) is 13.5. The van der Waals surface area contributed by atoms with Crippen LogP contribution in [-0.4, -0.2) is 60.4 Å². The van der Waals surface area contributed by atoms with Crippen LogP contribution in [0.1, 0.15) is 51.4 Å². The van der Waals surface area contributed by atoms with Crippen molar-refractivity contribution in [1.29, 1.82) is 0 Å². The average molecular weight is 310 g/mol. The number of amides is 1. The lowest BCUT2D eigenvalue weighted by Gasteiger charge is -2.41. The molecule has 2 heterocycles. The Morgan fingerprint density at radius 2 is 1.82 bits per heavy atom. The highest BCUT2D eigenvalue weighted by atomic mass is 16.5. The van der Waals surface area contributed by atoms with Crippen molar-refractivity contribution in [3.63, 3.8) is 0 Å². The maximum absolute atomic E-state index is 12.3. The van der Waals surface area contributed by atoms with E-state index in [0.29, 0.717) is 18.7 Å². The molecular weight excluding hydrogens is 280 g/mol. The van der Waals surface area contributed by atoms with Crippen molar-refractivity contribution in [2.75, 3.05) is 26.3 Å². The first-order valence-electron chi connectivity index (χ1n) is 9.04. The lowest BCUT2D eigenvalue weighted by Crippen LogP contribution is -2.53. The molecule has 1 saturated carbocycles. The number of likely N-dealkylation sites (tertiary alicyclic amines) is 1. The molecule has 1 aliphatic carbocycles. The number of hydrogen-bond acceptors (Lipinski definition) is 4. The molecule has 0 aromatic rings. The monoisotopic (exact) mass is 310 g/mol. The van der Waals surface area contributed by atoms with Gasteiger partial charge in [-0.1, -0.05) is 12.8 Å². The van der Waals surface area contributed by atoms with Crippen molar-refractivity contribution in [3.8, 4) is 0 Å². The van der Waals surface area contributed by atoms with E-state index in [1.165, 1.54) is 6.42 Å². The lowest BCUT2D eigenvalue weighted by atomic mass is 9.89. The molecule has 3 unspecified atom stereocenters. The Bertz CT molecular complexity index is 363. The van der Waals surface area contributed by atoms with Crippen molar-refractivity contribution in [2.45, 2.75) is 69.6 Å². The standard InChI is InChI=1S/C17H30N2O3/c20-16-6-2-1-5-15(16)19-9-7-14(8-10-19)18-17(21)13-4-3-11-22-12-13/h13-16,20H,1-12H2,(H,18,21). The second-order valence-corrected chi connectivity index (χ2v) is 7.15. The number of aliphatic hydroxyl groups excluding tert-OH is 1. The van der Waals surface area contributed by atoms with Gasteiger partial charge in [0.25, 0.3) is 0 Å². The Kier molecular flexibility index (Phi) is 5.71. The Morgan fingerprint density at radius 3 is 2.50 bits per heavy atom. The summed E-state index contributed by atoms with van der Waals surface area (Å²) < 4.78 is 5.40. The average Bonchev–Trinajstić information content (AvgIpc) is 2.57. The molecule has 2 N–H and O–H groups in total. The Hall–Kier alpha value is -0.650. The van der Waals surface area contributed by atoms with Gasteiger partial charge in [0, 0.05) is 31.8 Å². The van der Waals surface area contributed by atoms with Crippen LogP contribution < -0.4 is 5.32 Å². The molecular formula is C17H30N2O3. The van der Waals surface area contributed by atoms with Gasteiger partial charge >= 0.3 is 0 Å². The SMILES string of the molecule is O=C(NC1CCN(C2CCCCC2O)CC1)C1CCCOC1. The molecule has 5 heteroatoms. The predicted molar refractivity (Wildman–Crippen MR) is 84.5 cm³/mol. The predicted octanol–water partition coefficient (Wildman–Crippen LogP) is 1.30. The molecule has 2 saturated heterocycles. The molecule has 0 spiro atoms. The number of hydrogen-bond donors (Lipinski definition) is 2. The van der Waals surface area contributed by atoms with Gasteiger partial charge in [0.15, 0.2) is 0 Å². The third-order valence-electron chi connectivity index (χ3n) is 5.57. The van der Waals surface area contributed by atoms with Crippen LogP contribution in [0, 0.1) is 5.92 Å². The molecule has 3 fully saturated rings. The van der Waals surface area contributed by atoms with Crippen LogP contribution in [0.5, 0.6) is 0 Å². The fraction of sp³-hybridized carbons (Fsp3) is 0.941. The number of piperidine rings is 1. The summed E-state index contributed by atoms with van der Waals surface area (Å²) in [6.45, 7) is 3.37. The van der Waals surface area contributed by atoms with E-state index in [-0.39, 0.29) is 17.9 Å². The second-order valence-electron chi connectivity index (χ2n) is 7.15. The van der Waals surface area contributed by atoms with E-state index >= 15 is 0 Å². The van der Waals surface area contributed by atoms with Gasteiger partial charge in [0.1, 0.15) is 0 Å². The summed E-state index contributed by atoms with van der Waals surface area (Å²) in [5.41, 5.74) is 0. The molecule has 3 aliphatic rings. The van der Waals surface area contributed by atoms with Crippen LogP contribution in [-0.2, 0) is 9.53 Å². The van der Waals surface area contributed by atoms with E-state index in [2.05, 4.69) is 10.2 Å². The van der Waals surface area contributed by atoms with Crippen LogP contribution in [0.3, 0.4) is 0 Å². The Morgan fingerprint density at radius 1 is 1.05 bits per heavy atom. The number of rotatable bonds is 3. The summed E-state index contributed by atoms with van der Waals surface area (Å²) in [5.74, 6) is 0.225. The van der Waals surface area contributed by atoms with Crippen molar-refractivity contribution >= 4 is 5.91 Å². The third-order valence-corrected chi connectivity index (χ3v) is 5.57. The smallest absolute Gasteiger partial charge is 0.225 e. The van der Waals surface area contributed by atoms with E-state index in [0.717, 1.165) is 64.6 Å². The summed E-state index contributed by atoms with van der Waals surface area (Å²) in [7, 11) is 0. The van der Waals surface area contributed by atoms with Crippen LogP contribution in [0.25, 0.3) is 0 Å². The molecule has 126 valence electrons. The first-order chi connectivity index (χ1) is 10.7. The molecule has 1 amide bonds. The van der Waals surface area contributed by atoms with Crippen molar-refractivity contribution in [1.82, 2.24) is 10.2 Å². The largest absolute Gasteiger partial charge is 0.391 e. The van der Waals surface area contributed by atoms with Gasteiger partial charge in [0.05, 0.1) is 18.6 Å². The maximum Gasteiger partial charge on any atom is 0.225 e. The number of ether oxygens (including phenoxy) is 1. The molecule has 5 nitrogen and oxygen atoms in total. The van der Waals surface area contributed by atoms with E-state index in [1.807, 2.05) is 0 Å². The summed E-state index contributed by atoms with van der Waals surface area (Å²) in [5, 5.41) is 13.4. The molecule has 0 aromatic carbocycles. The van der Waals surface area contributed by atoms with E-state index in [4.69, 9.17) is 4.74 Å². The normalized spacial score (nSPS) is 35.2. The first-order valence-corrected chi connectivity index (χ1v) is 9.04. The molecule has 0 bridgehead atoms. The molecule has 2 aliphatic heterocycles. The van der Waals surface area contributed by atoms with E-state index in [9.17, 15) is 9.90 Å². The van der Waals surface area contributed by atoms with Gasteiger partial charge in [-0.15, -0.1) is 0 Å². The van der Waals surface area contributed by atoms with Gasteiger partial charge in [-0.05, 0) is 38.5 Å². The fourth-order valence-electron chi connectivity index (χ4n) is 4.16. The van der Waals surface area contributed by atoms with Crippen LogP contribution in [0.2, 0.25) is 0 Å². The van der Waals surface area contributed by atoms with Gasteiger partial charge in [-0.2, -0.15) is 0 Å². The highest BCUT2D eigenvalue weighted by Crippen LogP contribution is 2.26. The quantitative estimate of drug-likeness (QED) is 0.825. The molecule has 0 aromatic heterocycles. The highest BCUT2D eigenvalue weighted by Gasteiger charge is 2.32. The summed E-state index contributed by atoms with van der Waals surface area (Å²) >= 11 is 0. The Labute approximate surface area is 133 Å². The van der Waals surface area contributed by atoms with Gasteiger partial charge in [-0.3, -0.25) is 9.69 Å². The molecule has 0 radical (unpaired) electrons. The lowest BCUT2D eigenvalue weighted by molar-refractivity contribution is -0.130. The zero-order chi connectivity index (χ0) is 15.4. The van der Waals surface area contributed by atoms with E-state index in [1.54, 1.807) is 0 Å². The minimum Gasteiger partial charge on any atom is -0.391 e. The molecule has 22 heavy (non-hydrogen) atoms. The minimum absolute atomic E-state index is 0.0481. The maximum atomic E-state index is 12.3.